The molecule has 1 aromatic heterocycles. The van der Waals surface area contributed by atoms with E-state index in [1.54, 1.807) is 12.1 Å². The summed E-state index contributed by atoms with van der Waals surface area (Å²) in [4.78, 5) is 0.0553. The SMILES string of the molecule is CCOc1ccc2c(C#N)c(-c3ccc(S(N)(=O)=O)cc3)n(C3CCC3)c2c1. The first-order chi connectivity index (χ1) is 13.4. The predicted octanol–water partition coefficient (Wildman–Crippen LogP) is 3.95. The molecular formula is C21H21N3O3S. The average molecular weight is 395 g/mol. The van der Waals surface area contributed by atoms with E-state index in [2.05, 4.69) is 10.6 Å². The molecule has 0 amide bonds. The quantitative estimate of drug-likeness (QED) is 0.707. The van der Waals surface area contributed by atoms with E-state index >= 15 is 0 Å². The largest absolute Gasteiger partial charge is 0.494 e. The highest BCUT2D eigenvalue weighted by atomic mass is 32.2. The molecule has 0 bridgehead atoms. The Morgan fingerprint density at radius 3 is 2.46 bits per heavy atom. The van der Waals surface area contributed by atoms with Crippen LogP contribution in [-0.4, -0.2) is 19.6 Å². The van der Waals surface area contributed by atoms with Crippen LogP contribution in [0.15, 0.2) is 47.4 Å². The van der Waals surface area contributed by atoms with Gasteiger partial charge in [-0.1, -0.05) is 12.1 Å². The minimum Gasteiger partial charge on any atom is -0.494 e. The normalized spacial score (nSPS) is 14.6. The molecule has 1 aliphatic rings. The van der Waals surface area contributed by atoms with Gasteiger partial charge in [-0.25, -0.2) is 13.6 Å². The van der Waals surface area contributed by atoms with Crippen LogP contribution in [0.2, 0.25) is 0 Å². The van der Waals surface area contributed by atoms with Crippen LogP contribution in [0.3, 0.4) is 0 Å². The number of rotatable bonds is 5. The maximum absolute atomic E-state index is 11.6. The van der Waals surface area contributed by atoms with Gasteiger partial charge in [0.1, 0.15) is 11.8 Å². The number of benzene rings is 2. The molecule has 2 N–H and O–H groups in total. The van der Waals surface area contributed by atoms with Gasteiger partial charge >= 0.3 is 0 Å². The number of nitrogens with zero attached hydrogens (tertiary/aromatic N) is 2. The zero-order chi connectivity index (χ0) is 19.9. The number of fused-ring (bicyclic) bond motifs is 1. The average Bonchev–Trinajstić information content (AvgIpc) is 2.93. The second-order valence-corrected chi connectivity index (χ2v) is 8.53. The Morgan fingerprint density at radius 2 is 1.93 bits per heavy atom. The van der Waals surface area contributed by atoms with Crippen LogP contribution in [0.1, 0.15) is 37.8 Å². The van der Waals surface area contributed by atoms with Crippen LogP contribution in [0.25, 0.3) is 22.2 Å². The molecule has 0 saturated heterocycles. The maximum atomic E-state index is 11.6. The molecule has 0 unspecified atom stereocenters. The minimum absolute atomic E-state index is 0.0553. The Kier molecular flexibility index (Phi) is 4.61. The first kappa shape index (κ1) is 18.5. The lowest BCUT2D eigenvalue weighted by molar-refractivity contribution is 0.322. The minimum atomic E-state index is -3.76. The summed E-state index contributed by atoms with van der Waals surface area (Å²) in [5.74, 6) is 0.772. The molecule has 28 heavy (non-hydrogen) atoms. The predicted molar refractivity (Wildman–Crippen MR) is 108 cm³/mol. The van der Waals surface area contributed by atoms with Gasteiger partial charge in [0.05, 0.1) is 28.3 Å². The van der Waals surface area contributed by atoms with Crippen LogP contribution in [0.5, 0.6) is 5.75 Å². The standard InChI is InChI=1S/C21H21N3O3S/c1-2-27-16-8-11-18-19(13-22)21(24(20(18)12-16)15-4-3-5-15)14-6-9-17(10-7-14)28(23,25)26/h6-12,15H,2-5H2,1H3,(H2,23,25,26). The fourth-order valence-electron chi connectivity index (χ4n) is 3.77. The van der Waals surface area contributed by atoms with Gasteiger partial charge in [0, 0.05) is 17.5 Å². The zero-order valence-electron chi connectivity index (χ0n) is 15.6. The van der Waals surface area contributed by atoms with Gasteiger partial charge in [0.2, 0.25) is 10.0 Å². The fourth-order valence-corrected chi connectivity index (χ4v) is 4.29. The van der Waals surface area contributed by atoms with E-state index in [1.165, 1.54) is 12.1 Å². The monoisotopic (exact) mass is 395 g/mol. The van der Waals surface area contributed by atoms with Crippen molar-refractivity contribution in [3.63, 3.8) is 0 Å². The molecular weight excluding hydrogens is 374 g/mol. The molecule has 1 aliphatic carbocycles. The Morgan fingerprint density at radius 1 is 1.21 bits per heavy atom. The van der Waals surface area contributed by atoms with Crippen LogP contribution < -0.4 is 9.88 Å². The van der Waals surface area contributed by atoms with Gasteiger partial charge < -0.3 is 9.30 Å². The molecule has 3 aromatic rings. The summed E-state index contributed by atoms with van der Waals surface area (Å²) in [7, 11) is -3.76. The maximum Gasteiger partial charge on any atom is 0.238 e. The second kappa shape index (κ2) is 6.97. The topological polar surface area (TPSA) is 98.1 Å². The number of hydrogen-bond donors (Lipinski definition) is 1. The van der Waals surface area contributed by atoms with Crippen molar-refractivity contribution in [1.29, 1.82) is 5.26 Å². The van der Waals surface area contributed by atoms with E-state index in [9.17, 15) is 13.7 Å². The molecule has 0 aliphatic heterocycles. The van der Waals surface area contributed by atoms with E-state index in [0.717, 1.165) is 47.2 Å². The summed E-state index contributed by atoms with van der Waals surface area (Å²) >= 11 is 0. The van der Waals surface area contributed by atoms with Crippen molar-refractivity contribution in [1.82, 2.24) is 4.57 Å². The van der Waals surface area contributed by atoms with Crippen molar-refractivity contribution < 1.29 is 13.2 Å². The zero-order valence-corrected chi connectivity index (χ0v) is 16.4. The van der Waals surface area contributed by atoms with E-state index in [0.29, 0.717) is 18.2 Å². The molecule has 144 valence electrons. The summed E-state index contributed by atoms with van der Waals surface area (Å²) in [5.41, 5.74) is 3.17. The smallest absolute Gasteiger partial charge is 0.238 e. The molecule has 1 saturated carbocycles. The summed E-state index contributed by atoms with van der Waals surface area (Å²) in [6.45, 7) is 2.51. The number of primary sulfonamides is 1. The molecule has 1 heterocycles. The Bertz CT molecular complexity index is 1180. The third kappa shape index (κ3) is 3.05. The molecule has 0 radical (unpaired) electrons. The van der Waals surface area contributed by atoms with Crippen molar-refractivity contribution in [3.8, 4) is 23.1 Å². The number of nitrogens with two attached hydrogens (primary N) is 1. The van der Waals surface area contributed by atoms with Gasteiger partial charge in [-0.2, -0.15) is 5.26 Å². The second-order valence-electron chi connectivity index (χ2n) is 6.97. The summed E-state index contributed by atoms with van der Waals surface area (Å²) in [5, 5.41) is 16.0. The Labute approximate surface area is 164 Å². The first-order valence-electron chi connectivity index (χ1n) is 9.28. The Hall–Kier alpha value is -2.82. The van der Waals surface area contributed by atoms with Crippen molar-refractivity contribution in [3.05, 3.63) is 48.0 Å². The van der Waals surface area contributed by atoms with Crippen molar-refractivity contribution in [2.24, 2.45) is 5.14 Å². The third-order valence-corrected chi connectivity index (χ3v) is 6.22. The summed E-state index contributed by atoms with van der Waals surface area (Å²) in [6, 6.07) is 14.9. The molecule has 4 rings (SSSR count). The lowest BCUT2D eigenvalue weighted by atomic mass is 9.92. The van der Waals surface area contributed by atoms with Crippen LogP contribution >= 0.6 is 0 Å². The van der Waals surface area contributed by atoms with Crippen LogP contribution in [-0.2, 0) is 10.0 Å². The highest BCUT2D eigenvalue weighted by Gasteiger charge is 2.28. The van der Waals surface area contributed by atoms with Gasteiger partial charge in [-0.15, -0.1) is 0 Å². The number of sulfonamides is 1. The van der Waals surface area contributed by atoms with Gasteiger partial charge in [-0.3, -0.25) is 0 Å². The van der Waals surface area contributed by atoms with Crippen molar-refractivity contribution in [2.45, 2.75) is 37.1 Å². The van der Waals surface area contributed by atoms with E-state index < -0.39 is 10.0 Å². The first-order valence-corrected chi connectivity index (χ1v) is 10.8. The van der Waals surface area contributed by atoms with Crippen molar-refractivity contribution in [2.75, 3.05) is 6.61 Å². The van der Waals surface area contributed by atoms with Gasteiger partial charge in [-0.05, 0) is 56.0 Å². The highest BCUT2D eigenvalue weighted by molar-refractivity contribution is 7.89. The molecule has 6 nitrogen and oxygen atoms in total. The fraction of sp³-hybridized carbons (Fsp3) is 0.286. The lowest BCUT2D eigenvalue weighted by Crippen LogP contribution is -2.18. The highest BCUT2D eigenvalue weighted by Crippen LogP contribution is 2.43. The van der Waals surface area contributed by atoms with E-state index in [4.69, 9.17) is 9.88 Å². The summed E-state index contributed by atoms with van der Waals surface area (Å²) < 4.78 is 31.0. The van der Waals surface area contributed by atoms with Gasteiger partial charge in [0.25, 0.3) is 0 Å². The summed E-state index contributed by atoms with van der Waals surface area (Å²) in [6.07, 6.45) is 3.26. The lowest BCUT2D eigenvalue weighted by Gasteiger charge is -2.30. The van der Waals surface area contributed by atoms with Crippen LogP contribution in [0.4, 0.5) is 0 Å². The Balaban J connectivity index is 1.97. The van der Waals surface area contributed by atoms with Crippen molar-refractivity contribution >= 4 is 20.9 Å². The molecule has 2 aromatic carbocycles. The van der Waals surface area contributed by atoms with Gasteiger partial charge in [0.15, 0.2) is 0 Å². The molecule has 1 fully saturated rings. The van der Waals surface area contributed by atoms with Crippen LogP contribution in [0, 0.1) is 11.3 Å². The van der Waals surface area contributed by atoms with E-state index in [-0.39, 0.29) is 4.90 Å². The molecule has 0 atom stereocenters. The molecule has 0 spiro atoms. The van der Waals surface area contributed by atoms with E-state index in [1.807, 2.05) is 25.1 Å². The number of ether oxygens (including phenoxy) is 1. The number of aromatic nitrogens is 1. The third-order valence-electron chi connectivity index (χ3n) is 5.29. The number of hydrogen-bond acceptors (Lipinski definition) is 4. The number of nitriles is 1. The molecule has 7 heteroatoms.